The molecule has 1 N–H and O–H groups in total. The zero-order valence-corrected chi connectivity index (χ0v) is 20.6. The molecule has 1 aliphatic heterocycles. The summed E-state index contributed by atoms with van der Waals surface area (Å²) >= 11 is 8.13. The molecule has 1 fully saturated rings. The van der Waals surface area contributed by atoms with Crippen LogP contribution in [0.2, 0.25) is 0 Å². The maximum Gasteiger partial charge on any atom is 0.266 e. The first kappa shape index (κ1) is 24.2. The molecule has 1 aromatic carbocycles. The van der Waals surface area contributed by atoms with Crippen LogP contribution in [0.3, 0.4) is 0 Å². The molecule has 0 saturated carbocycles. The van der Waals surface area contributed by atoms with Crippen molar-refractivity contribution in [3.05, 3.63) is 39.7 Å². The number of benzene rings is 1. The van der Waals surface area contributed by atoms with E-state index in [2.05, 4.69) is 10.3 Å². The van der Waals surface area contributed by atoms with Gasteiger partial charge < -0.3 is 14.8 Å². The minimum atomic E-state index is -0.0910. The second-order valence-electron chi connectivity index (χ2n) is 7.10. The van der Waals surface area contributed by atoms with Gasteiger partial charge in [0.15, 0.2) is 16.6 Å². The van der Waals surface area contributed by atoms with Gasteiger partial charge >= 0.3 is 0 Å². The number of thiocarbonyl (C=S) groups is 1. The third kappa shape index (κ3) is 6.30. The lowest BCUT2D eigenvalue weighted by atomic mass is 10.1. The molecule has 0 aliphatic carbocycles. The zero-order valence-electron chi connectivity index (χ0n) is 18.2. The van der Waals surface area contributed by atoms with Crippen LogP contribution in [0.5, 0.6) is 11.5 Å². The number of ether oxygens (including phenoxy) is 2. The molecule has 2 heterocycles. The molecule has 32 heavy (non-hydrogen) atoms. The minimum absolute atomic E-state index is 0.0391. The summed E-state index contributed by atoms with van der Waals surface area (Å²) in [4.78, 5) is 31.2. The number of nitrogens with zero attached hydrogens (tertiary/aromatic N) is 2. The Morgan fingerprint density at radius 3 is 2.69 bits per heavy atom. The second-order valence-corrected chi connectivity index (χ2v) is 9.63. The number of thiazole rings is 1. The molecule has 3 rings (SSSR count). The lowest BCUT2D eigenvalue weighted by Gasteiger charge is -2.14. The molecule has 0 atom stereocenters. The highest BCUT2D eigenvalue weighted by Crippen LogP contribution is 2.34. The summed E-state index contributed by atoms with van der Waals surface area (Å²) in [5, 5.41) is 5.34. The van der Waals surface area contributed by atoms with Crippen LogP contribution in [0.1, 0.15) is 36.9 Å². The summed E-state index contributed by atoms with van der Waals surface area (Å²) in [5.74, 6) is 1.10. The third-order valence-electron chi connectivity index (χ3n) is 4.73. The summed E-state index contributed by atoms with van der Waals surface area (Å²) < 4.78 is 11.1. The van der Waals surface area contributed by atoms with Gasteiger partial charge in [0, 0.05) is 18.3 Å². The van der Waals surface area contributed by atoms with Crippen molar-refractivity contribution in [2.75, 3.05) is 26.1 Å². The first-order valence-corrected chi connectivity index (χ1v) is 12.2. The van der Waals surface area contributed by atoms with Gasteiger partial charge in [0.05, 0.1) is 24.8 Å². The predicted octanol–water partition coefficient (Wildman–Crippen LogP) is 4.87. The van der Waals surface area contributed by atoms with Gasteiger partial charge in [0.25, 0.3) is 5.91 Å². The number of carbonyl (C=O) groups excluding carboxylic acids is 2. The lowest BCUT2D eigenvalue weighted by Crippen LogP contribution is -2.29. The van der Waals surface area contributed by atoms with Gasteiger partial charge in [-0.15, -0.1) is 11.3 Å². The Labute approximate surface area is 201 Å². The molecule has 0 bridgehead atoms. The molecule has 0 spiro atoms. The summed E-state index contributed by atoms with van der Waals surface area (Å²) in [6.07, 6.45) is 4.59. The molecule has 0 unspecified atom stereocenters. The van der Waals surface area contributed by atoms with Crippen molar-refractivity contribution in [2.45, 2.75) is 32.6 Å². The number of carbonyl (C=O) groups is 2. The molecule has 170 valence electrons. The average molecular weight is 492 g/mol. The molecule has 0 radical (unpaired) electrons. The number of hydrogen-bond donors (Lipinski definition) is 1. The predicted molar refractivity (Wildman–Crippen MR) is 133 cm³/mol. The van der Waals surface area contributed by atoms with Gasteiger partial charge in [-0.25, -0.2) is 4.98 Å². The highest BCUT2D eigenvalue weighted by atomic mass is 32.2. The van der Waals surface area contributed by atoms with E-state index >= 15 is 0 Å². The van der Waals surface area contributed by atoms with E-state index in [1.165, 1.54) is 23.1 Å². The number of hydrogen-bond acceptors (Lipinski definition) is 8. The fourth-order valence-corrected chi connectivity index (χ4v) is 5.13. The Balaban J connectivity index is 1.46. The van der Waals surface area contributed by atoms with Gasteiger partial charge in [-0.1, -0.05) is 36.5 Å². The average Bonchev–Trinajstić information content (AvgIpc) is 3.30. The lowest BCUT2D eigenvalue weighted by molar-refractivity contribution is -0.122. The zero-order chi connectivity index (χ0) is 23.1. The van der Waals surface area contributed by atoms with Crippen LogP contribution in [0.15, 0.2) is 28.5 Å². The van der Waals surface area contributed by atoms with E-state index in [4.69, 9.17) is 21.7 Å². The number of aromatic nitrogens is 1. The van der Waals surface area contributed by atoms with E-state index in [9.17, 15) is 9.59 Å². The minimum Gasteiger partial charge on any atom is -0.493 e. The number of nitrogens with one attached hydrogen (secondary N) is 1. The van der Waals surface area contributed by atoms with Crippen LogP contribution in [-0.2, 0) is 9.59 Å². The van der Waals surface area contributed by atoms with Crippen LogP contribution >= 0.6 is 35.3 Å². The quantitative estimate of drug-likeness (QED) is 0.288. The summed E-state index contributed by atoms with van der Waals surface area (Å²) in [5.41, 5.74) is 1.73. The fourth-order valence-electron chi connectivity index (χ4n) is 3.11. The maximum absolute atomic E-state index is 12.8. The topological polar surface area (TPSA) is 80.8 Å². The molecule has 10 heteroatoms. The highest BCUT2D eigenvalue weighted by Gasteiger charge is 2.31. The van der Waals surface area contributed by atoms with Crippen LogP contribution in [0.25, 0.3) is 6.08 Å². The normalized spacial score (nSPS) is 14.8. The number of aryl methyl sites for hydroxylation is 1. The number of methoxy groups -OCH3 is 2. The Hall–Kier alpha value is -2.43. The molecule has 1 aromatic heterocycles. The van der Waals surface area contributed by atoms with Crippen molar-refractivity contribution in [2.24, 2.45) is 0 Å². The number of unbranched alkanes of at least 4 members (excludes halogenated alkanes) is 2. The van der Waals surface area contributed by atoms with Crippen LogP contribution in [0, 0.1) is 6.92 Å². The number of thioether (sulfide) groups is 1. The van der Waals surface area contributed by atoms with Crippen molar-refractivity contribution < 1.29 is 19.1 Å². The standard InChI is InChI=1S/C22H25N3O4S3/c1-14-13-31-21(23-14)24-19(26)7-5-4-6-10-25-20(27)18(32-22(25)30)12-15-8-9-16(28-2)17(11-15)29-3/h8-9,11-13H,4-7,10H2,1-3H3,(H,23,24,26)/b18-12+. The summed E-state index contributed by atoms with van der Waals surface area (Å²) in [6, 6.07) is 5.49. The van der Waals surface area contributed by atoms with Gasteiger partial charge in [0.1, 0.15) is 4.32 Å². The van der Waals surface area contributed by atoms with Gasteiger partial charge in [0.2, 0.25) is 5.91 Å². The van der Waals surface area contributed by atoms with Crippen LogP contribution in [0.4, 0.5) is 5.13 Å². The Morgan fingerprint density at radius 1 is 1.22 bits per heavy atom. The van der Waals surface area contributed by atoms with Crippen molar-refractivity contribution >= 4 is 62.7 Å². The first-order chi connectivity index (χ1) is 15.4. The third-order valence-corrected chi connectivity index (χ3v) is 6.98. The SMILES string of the molecule is COc1ccc(/C=C2/SC(=S)N(CCCCCC(=O)Nc3nc(C)cs3)C2=O)cc1OC. The maximum atomic E-state index is 12.8. The second kappa shape index (κ2) is 11.4. The molecule has 7 nitrogen and oxygen atoms in total. The summed E-state index contributed by atoms with van der Waals surface area (Å²) in [7, 11) is 3.15. The Bertz CT molecular complexity index is 1040. The van der Waals surface area contributed by atoms with E-state index in [-0.39, 0.29) is 11.8 Å². The van der Waals surface area contributed by atoms with Crippen molar-refractivity contribution in [3.63, 3.8) is 0 Å². The smallest absolute Gasteiger partial charge is 0.266 e. The monoisotopic (exact) mass is 491 g/mol. The van der Waals surface area contributed by atoms with Crippen molar-refractivity contribution in [3.8, 4) is 11.5 Å². The molecule has 1 aliphatic rings. The number of rotatable bonds is 10. The van der Waals surface area contributed by atoms with E-state index in [0.29, 0.717) is 38.8 Å². The number of anilines is 1. The van der Waals surface area contributed by atoms with Crippen molar-refractivity contribution in [1.82, 2.24) is 9.88 Å². The summed E-state index contributed by atoms with van der Waals surface area (Å²) in [6.45, 7) is 2.43. The fraction of sp³-hybridized carbons (Fsp3) is 0.364. The molecular weight excluding hydrogens is 466 g/mol. The van der Waals surface area contributed by atoms with Crippen LogP contribution < -0.4 is 14.8 Å². The largest absolute Gasteiger partial charge is 0.493 e. The molecule has 2 amide bonds. The Morgan fingerprint density at radius 2 is 2.00 bits per heavy atom. The number of amides is 2. The Kier molecular flexibility index (Phi) is 8.66. The van der Waals surface area contributed by atoms with E-state index in [1.807, 2.05) is 30.5 Å². The van der Waals surface area contributed by atoms with E-state index in [1.54, 1.807) is 25.2 Å². The molecule has 2 aromatic rings. The van der Waals surface area contributed by atoms with E-state index in [0.717, 1.165) is 30.5 Å². The molecule has 1 saturated heterocycles. The van der Waals surface area contributed by atoms with E-state index < -0.39 is 0 Å². The highest BCUT2D eigenvalue weighted by molar-refractivity contribution is 8.26. The first-order valence-electron chi connectivity index (χ1n) is 10.1. The van der Waals surface area contributed by atoms with Gasteiger partial charge in [-0.3, -0.25) is 14.5 Å². The van der Waals surface area contributed by atoms with Gasteiger partial charge in [-0.05, 0) is 43.5 Å². The van der Waals surface area contributed by atoms with Gasteiger partial charge in [-0.2, -0.15) is 0 Å². The van der Waals surface area contributed by atoms with Crippen LogP contribution in [-0.4, -0.2) is 46.8 Å². The molecular formula is C22H25N3O4S3. The van der Waals surface area contributed by atoms with Crippen molar-refractivity contribution in [1.29, 1.82) is 0 Å².